The van der Waals surface area contributed by atoms with Crippen LogP contribution in [-0.4, -0.2) is 51.1 Å². The van der Waals surface area contributed by atoms with Crippen molar-refractivity contribution in [3.8, 4) is 10.7 Å². The third kappa shape index (κ3) is 5.19. The number of amides is 1. The molecule has 0 saturated carbocycles. The van der Waals surface area contributed by atoms with Crippen LogP contribution in [0.3, 0.4) is 0 Å². The summed E-state index contributed by atoms with van der Waals surface area (Å²) in [5.74, 6) is 0.504. The zero-order valence-corrected chi connectivity index (χ0v) is 18.6. The number of carbonyl (C=O) groups excluding carboxylic acids is 1. The lowest BCUT2D eigenvalue weighted by Crippen LogP contribution is -2.36. The van der Waals surface area contributed by atoms with Gasteiger partial charge in [0.2, 0.25) is 0 Å². The summed E-state index contributed by atoms with van der Waals surface area (Å²) in [5, 5.41) is 10.5. The number of hydrogen-bond donors (Lipinski definition) is 2. The average molecular weight is 438 g/mol. The molecule has 29 heavy (non-hydrogen) atoms. The number of hydrogen-bond acceptors (Lipinski definition) is 7. The standard InChI is InChI=1S/C19H27N5O3S2/c1-5-8-24-16(22-23-19(24)28)15-12(4)20-18(29-15)21-17(25)14(11(2)3)27-10-13-7-6-9-26-13/h5,11,13-14H,1,6-10H2,2-4H3,(H,23,28)(H,20,21,25). The Morgan fingerprint density at radius 2 is 2.38 bits per heavy atom. The van der Waals surface area contributed by atoms with Gasteiger partial charge in [0.25, 0.3) is 5.91 Å². The molecule has 2 N–H and O–H groups in total. The Balaban J connectivity index is 1.72. The normalized spacial score (nSPS) is 17.6. The number of nitrogens with zero attached hydrogens (tertiary/aromatic N) is 3. The van der Waals surface area contributed by atoms with Crippen LogP contribution < -0.4 is 5.32 Å². The summed E-state index contributed by atoms with van der Waals surface area (Å²) in [5.41, 5.74) is 0.769. The molecule has 0 spiro atoms. The molecule has 0 bridgehead atoms. The molecule has 1 amide bonds. The summed E-state index contributed by atoms with van der Waals surface area (Å²) in [6.07, 6.45) is 3.28. The van der Waals surface area contributed by atoms with Crippen molar-refractivity contribution >= 4 is 34.6 Å². The molecular weight excluding hydrogens is 410 g/mol. The Morgan fingerprint density at radius 3 is 3.03 bits per heavy atom. The Bertz CT molecular complexity index is 911. The molecule has 2 aromatic rings. The fraction of sp³-hybridized carbons (Fsp3) is 0.579. The van der Waals surface area contributed by atoms with E-state index in [1.807, 2.05) is 25.3 Å². The number of allylic oxidation sites excluding steroid dienone is 1. The van der Waals surface area contributed by atoms with Crippen molar-refractivity contribution in [2.45, 2.75) is 52.4 Å². The van der Waals surface area contributed by atoms with Crippen LogP contribution in [0.15, 0.2) is 12.7 Å². The van der Waals surface area contributed by atoms with Crippen molar-refractivity contribution < 1.29 is 14.3 Å². The number of thiazole rings is 1. The van der Waals surface area contributed by atoms with Crippen molar-refractivity contribution in [2.75, 3.05) is 18.5 Å². The highest BCUT2D eigenvalue weighted by atomic mass is 32.1. The van der Waals surface area contributed by atoms with Gasteiger partial charge < -0.3 is 9.47 Å². The minimum absolute atomic E-state index is 0.0285. The Hall–Kier alpha value is -1.88. The molecular formula is C19H27N5O3S2. The van der Waals surface area contributed by atoms with Crippen LogP contribution in [-0.2, 0) is 20.8 Å². The van der Waals surface area contributed by atoms with Crippen molar-refractivity contribution in [3.63, 3.8) is 0 Å². The van der Waals surface area contributed by atoms with E-state index in [-0.39, 0.29) is 17.9 Å². The van der Waals surface area contributed by atoms with E-state index in [0.29, 0.717) is 28.9 Å². The number of anilines is 1. The predicted octanol–water partition coefficient (Wildman–Crippen LogP) is 3.72. The molecule has 0 aliphatic carbocycles. The third-order valence-electron chi connectivity index (χ3n) is 4.65. The SMILES string of the molecule is C=CCn1c(-c2sc(NC(=O)C(OCC3CCCO3)C(C)C)nc2C)n[nH]c1=S. The maximum absolute atomic E-state index is 12.8. The second kappa shape index (κ2) is 9.75. The minimum Gasteiger partial charge on any atom is -0.376 e. The van der Waals surface area contributed by atoms with E-state index < -0.39 is 6.10 Å². The van der Waals surface area contributed by atoms with Crippen molar-refractivity contribution in [3.05, 3.63) is 23.1 Å². The number of aromatic amines is 1. The van der Waals surface area contributed by atoms with Gasteiger partial charge in [0.15, 0.2) is 15.7 Å². The molecule has 158 valence electrons. The highest BCUT2D eigenvalue weighted by Gasteiger charge is 2.27. The summed E-state index contributed by atoms with van der Waals surface area (Å²) in [6.45, 7) is 11.3. The van der Waals surface area contributed by atoms with Crippen LogP contribution >= 0.6 is 23.6 Å². The van der Waals surface area contributed by atoms with E-state index >= 15 is 0 Å². The number of nitrogens with one attached hydrogen (secondary N) is 2. The van der Waals surface area contributed by atoms with Gasteiger partial charge in [0.1, 0.15) is 6.10 Å². The number of ether oxygens (including phenoxy) is 2. The van der Waals surface area contributed by atoms with Gasteiger partial charge in [0.05, 0.1) is 23.3 Å². The lowest BCUT2D eigenvalue weighted by molar-refractivity contribution is -0.132. The molecule has 1 aliphatic heterocycles. The van der Waals surface area contributed by atoms with Gasteiger partial charge in [-0.1, -0.05) is 31.3 Å². The van der Waals surface area contributed by atoms with Crippen molar-refractivity contribution in [1.82, 2.24) is 19.7 Å². The number of aryl methyl sites for hydroxylation is 1. The highest BCUT2D eigenvalue weighted by molar-refractivity contribution is 7.71. The summed E-state index contributed by atoms with van der Waals surface area (Å²) < 4.78 is 13.8. The molecule has 3 rings (SSSR count). The lowest BCUT2D eigenvalue weighted by Gasteiger charge is -2.22. The van der Waals surface area contributed by atoms with Gasteiger partial charge >= 0.3 is 0 Å². The number of H-pyrrole nitrogens is 1. The van der Waals surface area contributed by atoms with Gasteiger partial charge in [-0.3, -0.25) is 19.8 Å². The van der Waals surface area contributed by atoms with Crippen LogP contribution in [0, 0.1) is 17.6 Å². The molecule has 0 aromatic carbocycles. The van der Waals surface area contributed by atoms with E-state index in [4.69, 9.17) is 21.7 Å². The van der Waals surface area contributed by atoms with Crippen LogP contribution in [0.5, 0.6) is 0 Å². The van der Waals surface area contributed by atoms with Crippen LogP contribution in [0.1, 0.15) is 32.4 Å². The highest BCUT2D eigenvalue weighted by Crippen LogP contribution is 2.32. The Morgan fingerprint density at radius 1 is 1.59 bits per heavy atom. The first-order chi connectivity index (χ1) is 13.9. The Kier molecular flexibility index (Phi) is 7.33. The van der Waals surface area contributed by atoms with Crippen molar-refractivity contribution in [1.29, 1.82) is 0 Å². The fourth-order valence-corrected chi connectivity index (χ4v) is 4.36. The smallest absolute Gasteiger partial charge is 0.255 e. The molecule has 3 heterocycles. The molecule has 2 atom stereocenters. The first-order valence-electron chi connectivity index (χ1n) is 9.68. The second-order valence-corrected chi connectivity index (χ2v) is 8.69. The molecule has 2 unspecified atom stereocenters. The number of aromatic nitrogens is 4. The maximum atomic E-state index is 12.8. The lowest BCUT2D eigenvalue weighted by atomic mass is 10.1. The molecule has 2 aromatic heterocycles. The summed E-state index contributed by atoms with van der Waals surface area (Å²) in [4.78, 5) is 18.2. The zero-order valence-electron chi connectivity index (χ0n) is 16.9. The summed E-state index contributed by atoms with van der Waals surface area (Å²) in [7, 11) is 0. The summed E-state index contributed by atoms with van der Waals surface area (Å²) in [6, 6.07) is 0. The molecule has 1 fully saturated rings. The molecule has 1 saturated heterocycles. The monoisotopic (exact) mass is 437 g/mol. The molecule has 10 heteroatoms. The molecule has 1 aliphatic rings. The predicted molar refractivity (Wildman–Crippen MR) is 116 cm³/mol. The number of carbonyl (C=O) groups is 1. The second-order valence-electron chi connectivity index (χ2n) is 7.31. The van der Waals surface area contributed by atoms with E-state index in [1.54, 1.807) is 6.08 Å². The van der Waals surface area contributed by atoms with E-state index in [0.717, 1.165) is 30.0 Å². The van der Waals surface area contributed by atoms with Crippen LogP contribution in [0.4, 0.5) is 5.13 Å². The minimum atomic E-state index is -0.567. The van der Waals surface area contributed by atoms with E-state index in [2.05, 4.69) is 27.1 Å². The molecule has 8 nitrogen and oxygen atoms in total. The average Bonchev–Trinajstić information content (AvgIpc) is 3.38. The third-order valence-corrected chi connectivity index (χ3v) is 6.03. The van der Waals surface area contributed by atoms with Gasteiger partial charge in [-0.2, -0.15) is 5.10 Å². The van der Waals surface area contributed by atoms with E-state index in [9.17, 15) is 4.79 Å². The van der Waals surface area contributed by atoms with Gasteiger partial charge in [-0.05, 0) is 37.9 Å². The largest absolute Gasteiger partial charge is 0.376 e. The number of rotatable bonds is 9. The van der Waals surface area contributed by atoms with Crippen LogP contribution in [0.2, 0.25) is 0 Å². The fourth-order valence-electron chi connectivity index (χ4n) is 3.18. The summed E-state index contributed by atoms with van der Waals surface area (Å²) >= 11 is 6.64. The topological polar surface area (TPSA) is 94.1 Å². The van der Waals surface area contributed by atoms with Crippen LogP contribution in [0.25, 0.3) is 10.7 Å². The zero-order chi connectivity index (χ0) is 21.0. The van der Waals surface area contributed by atoms with E-state index in [1.165, 1.54) is 11.3 Å². The molecule has 0 radical (unpaired) electrons. The Labute approximate surface area is 179 Å². The van der Waals surface area contributed by atoms with Gasteiger partial charge in [-0.25, -0.2) is 4.98 Å². The quantitative estimate of drug-likeness (QED) is 0.459. The van der Waals surface area contributed by atoms with Gasteiger partial charge in [-0.15, -0.1) is 6.58 Å². The first kappa shape index (κ1) is 21.8. The van der Waals surface area contributed by atoms with Gasteiger partial charge in [0, 0.05) is 13.2 Å². The van der Waals surface area contributed by atoms with Crippen molar-refractivity contribution in [2.24, 2.45) is 5.92 Å². The maximum Gasteiger partial charge on any atom is 0.255 e. The first-order valence-corrected chi connectivity index (χ1v) is 10.9.